The van der Waals surface area contributed by atoms with Gasteiger partial charge in [-0.15, -0.1) is 0 Å². The van der Waals surface area contributed by atoms with Crippen LogP contribution in [-0.2, 0) is 22.6 Å². The molecule has 1 atom stereocenters. The number of carbonyl (C=O) groups excluding carboxylic acids is 1. The predicted octanol–water partition coefficient (Wildman–Crippen LogP) is 10.3. The Morgan fingerprint density at radius 3 is 2.12 bits per heavy atom. The highest BCUT2D eigenvalue weighted by Crippen LogP contribution is 2.36. The summed E-state index contributed by atoms with van der Waals surface area (Å²) in [4.78, 5) is 38.1. The van der Waals surface area contributed by atoms with Crippen LogP contribution in [0.2, 0.25) is 0 Å². The van der Waals surface area contributed by atoms with Crippen molar-refractivity contribution < 1.29 is 14.3 Å². The molecule has 1 aliphatic heterocycles. The Balaban J connectivity index is 0.000000204. The number of benzene rings is 2. The Morgan fingerprint density at radius 1 is 0.844 bits per heavy atom. The van der Waals surface area contributed by atoms with E-state index in [1.165, 1.54) is 11.1 Å². The van der Waals surface area contributed by atoms with Crippen molar-refractivity contribution in [3.8, 4) is 45.0 Å². The van der Waals surface area contributed by atoms with E-state index in [-0.39, 0.29) is 19.7 Å². The van der Waals surface area contributed by atoms with Crippen LogP contribution in [0.4, 0.5) is 4.79 Å². The number of imidazole rings is 2. The van der Waals surface area contributed by atoms with E-state index >= 15 is 0 Å². The van der Waals surface area contributed by atoms with Crippen LogP contribution in [0.3, 0.4) is 0 Å². The lowest BCUT2D eigenvalue weighted by Crippen LogP contribution is -2.36. The van der Waals surface area contributed by atoms with E-state index in [2.05, 4.69) is 103 Å². The first-order chi connectivity index (χ1) is 30.5. The molecule has 4 N–H and O–H groups in total. The van der Waals surface area contributed by atoms with Crippen LogP contribution in [0.15, 0.2) is 86.2 Å². The lowest BCUT2D eigenvalue weighted by molar-refractivity contribution is -0.0365. The maximum atomic E-state index is 12.7. The average molecular weight is 865 g/mol. The van der Waals surface area contributed by atoms with Gasteiger partial charge in [0.05, 0.1) is 54.0 Å². The molecule has 0 saturated carbocycles. The number of nitrogens with one attached hydrogen (secondary N) is 4. The highest BCUT2D eigenvalue weighted by atomic mass is 16.6. The summed E-state index contributed by atoms with van der Waals surface area (Å²) in [5, 5.41) is 18.0. The first-order valence-electron chi connectivity index (χ1n) is 21.7. The number of pyridine rings is 2. The Bertz CT molecular complexity index is 2800. The number of fused-ring (bicyclic) bond motifs is 2. The van der Waals surface area contributed by atoms with Crippen LogP contribution in [0.5, 0.6) is 0 Å². The molecule has 6 aromatic heterocycles. The smallest absolute Gasteiger partial charge is 0.410 e. The number of hydrogen-bond acceptors (Lipinski definition) is 10. The molecule has 15 nitrogen and oxygen atoms in total. The largest absolute Gasteiger partial charge is 0.444 e. The van der Waals surface area contributed by atoms with Crippen molar-refractivity contribution in [1.29, 1.82) is 0 Å². The molecule has 0 bridgehead atoms. The maximum Gasteiger partial charge on any atom is 0.410 e. The highest BCUT2D eigenvalue weighted by Gasteiger charge is 2.25. The van der Waals surface area contributed by atoms with Crippen LogP contribution in [0.1, 0.15) is 89.8 Å². The van der Waals surface area contributed by atoms with Crippen molar-refractivity contribution in [3.63, 3.8) is 0 Å². The summed E-state index contributed by atoms with van der Waals surface area (Å²) in [7, 11) is 0. The zero-order valence-corrected chi connectivity index (χ0v) is 37.1. The van der Waals surface area contributed by atoms with Crippen molar-refractivity contribution in [2.45, 2.75) is 100 Å². The first-order valence-corrected chi connectivity index (χ1v) is 21.7. The van der Waals surface area contributed by atoms with Gasteiger partial charge in [0.15, 0.2) is 6.23 Å². The van der Waals surface area contributed by atoms with E-state index in [1.807, 2.05) is 57.2 Å². The van der Waals surface area contributed by atoms with Gasteiger partial charge in [0.1, 0.15) is 17.0 Å². The minimum atomic E-state index is -0.547. The minimum absolute atomic E-state index is 0. The lowest BCUT2D eigenvalue weighted by atomic mass is 9.97. The fraction of sp³-hybridized carbons (Fsp3) is 0.367. The molecule has 1 unspecified atom stereocenters. The van der Waals surface area contributed by atoms with Crippen molar-refractivity contribution >= 4 is 27.9 Å². The van der Waals surface area contributed by atoms with Crippen molar-refractivity contribution in [1.82, 2.24) is 60.1 Å². The quantitative estimate of drug-likeness (QED) is 0.0977. The molecule has 1 saturated heterocycles. The van der Waals surface area contributed by atoms with Crippen molar-refractivity contribution in [3.05, 3.63) is 108 Å². The van der Waals surface area contributed by atoms with Crippen LogP contribution in [-0.4, -0.2) is 86.2 Å². The van der Waals surface area contributed by atoms with E-state index in [1.54, 1.807) is 29.9 Å². The second kappa shape index (κ2) is 19.8. The number of nitrogens with zero attached hydrogens (tertiary/aromatic N) is 8. The number of aromatic amines is 3. The normalized spacial score (nSPS) is 14.0. The molecule has 7 heterocycles. The molecule has 334 valence electrons. The van der Waals surface area contributed by atoms with Gasteiger partial charge in [-0.25, -0.2) is 19.4 Å². The maximum absolute atomic E-state index is 12.7. The Kier molecular flexibility index (Phi) is 14.0. The molecular formula is C49H60N12O3. The monoisotopic (exact) mass is 864 g/mol. The molecule has 1 amide bonds. The van der Waals surface area contributed by atoms with Gasteiger partial charge in [-0.05, 0) is 125 Å². The number of ether oxygens (including phenoxy) is 2. The minimum Gasteiger partial charge on any atom is -0.444 e. The molecule has 64 heavy (non-hydrogen) atoms. The van der Waals surface area contributed by atoms with E-state index < -0.39 is 5.60 Å². The number of H-pyrrole nitrogens is 3. The summed E-state index contributed by atoms with van der Waals surface area (Å²) in [6.07, 6.45) is 17.2. The van der Waals surface area contributed by atoms with Gasteiger partial charge in [0.2, 0.25) is 0 Å². The average Bonchev–Trinajstić information content (AvgIpc) is 4.13. The van der Waals surface area contributed by atoms with Gasteiger partial charge in [0.25, 0.3) is 0 Å². The third kappa shape index (κ3) is 9.75. The van der Waals surface area contributed by atoms with E-state index in [0.717, 1.165) is 117 Å². The van der Waals surface area contributed by atoms with Gasteiger partial charge in [-0.1, -0.05) is 26.5 Å². The number of hydrogen-bond donors (Lipinski definition) is 4. The number of rotatable bonds is 11. The molecule has 1 aliphatic rings. The van der Waals surface area contributed by atoms with Crippen LogP contribution in [0, 0.1) is 13.8 Å². The fourth-order valence-corrected chi connectivity index (χ4v) is 7.95. The molecule has 0 spiro atoms. The SMILES string of the molecule is C.CCN(Cc1cncc(-c2ccc3c(c2)c(-c2cnc[nH]2)nn3C2CCCCO2)c1C)C(=O)OC(C)(C)C.CCNCc1cncc(-c2ccc3[nH]nc(-c4cnc[nH]4)c3c2)c1C. The third-order valence-electron chi connectivity index (χ3n) is 11.4. The predicted molar refractivity (Wildman–Crippen MR) is 252 cm³/mol. The summed E-state index contributed by atoms with van der Waals surface area (Å²) in [6.45, 7) is 17.4. The van der Waals surface area contributed by atoms with Gasteiger partial charge in [-0.2, -0.15) is 10.2 Å². The van der Waals surface area contributed by atoms with Gasteiger partial charge >= 0.3 is 6.09 Å². The molecular weight excluding hydrogens is 805 g/mol. The van der Waals surface area contributed by atoms with Gasteiger partial charge in [-0.3, -0.25) is 15.1 Å². The highest BCUT2D eigenvalue weighted by molar-refractivity contribution is 5.96. The van der Waals surface area contributed by atoms with Crippen molar-refractivity contribution in [2.75, 3.05) is 19.7 Å². The van der Waals surface area contributed by atoms with Crippen molar-refractivity contribution in [2.24, 2.45) is 0 Å². The second-order valence-electron chi connectivity index (χ2n) is 16.8. The Hall–Kier alpha value is -6.71. The number of amides is 1. The summed E-state index contributed by atoms with van der Waals surface area (Å²) in [5.74, 6) is 0. The van der Waals surface area contributed by atoms with E-state index in [9.17, 15) is 4.79 Å². The summed E-state index contributed by atoms with van der Waals surface area (Å²) < 4.78 is 13.7. The van der Waals surface area contributed by atoms with Gasteiger partial charge < -0.3 is 29.7 Å². The number of aromatic nitrogens is 10. The van der Waals surface area contributed by atoms with Crippen LogP contribution < -0.4 is 5.32 Å². The molecule has 15 heteroatoms. The molecule has 2 aromatic carbocycles. The van der Waals surface area contributed by atoms with Gasteiger partial charge in [0, 0.05) is 66.4 Å². The fourth-order valence-electron chi connectivity index (χ4n) is 7.95. The molecule has 8 aromatic rings. The zero-order valence-electron chi connectivity index (χ0n) is 37.1. The number of carbonyl (C=O) groups is 1. The van der Waals surface area contributed by atoms with E-state index in [0.29, 0.717) is 13.1 Å². The first kappa shape index (κ1) is 45.3. The topological polar surface area (TPSA) is 180 Å². The summed E-state index contributed by atoms with van der Waals surface area (Å²) in [6, 6.07) is 12.7. The van der Waals surface area contributed by atoms with Crippen LogP contribution in [0.25, 0.3) is 66.8 Å². The third-order valence-corrected chi connectivity index (χ3v) is 11.4. The molecule has 1 fully saturated rings. The van der Waals surface area contributed by atoms with E-state index in [4.69, 9.17) is 14.6 Å². The summed E-state index contributed by atoms with van der Waals surface area (Å²) >= 11 is 0. The second-order valence-corrected chi connectivity index (χ2v) is 16.8. The zero-order chi connectivity index (χ0) is 44.1. The Morgan fingerprint density at radius 2 is 1.50 bits per heavy atom. The lowest BCUT2D eigenvalue weighted by Gasteiger charge is -2.27. The summed E-state index contributed by atoms with van der Waals surface area (Å²) in [5.41, 5.74) is 13.8. The molecule has 0 radical (unpaired) electrons. The standard InChI is InChI=1S/C29H36N6O3.C19H20N6.CH4/c1-6-34(28(36)38-29(3,4)5)17-21-14-30-15-23(19(21)2)20-10-11-25-22(13-20)27(24-16-31-18-32-24)33-35(25)26-9-7-8-12-37-26;1-3-20-7-14-8-21-9-16(12(14)2)13-4-5-17-15(6-13)19(25-24-17)18-10-22-11-23-18;/h10-11,13-16,18,26H,6-9,12,17H2,1-5H3,(H,31,32);4-6,8-11,20H,3,7H2,1-2H3,(H,22,23)(H,24,25);1H4. The molecule has 0 aliphatic carbocycles. The van der Waals surface area contributed by atoms with Crippen LogP contribution >= 0.6 is 0 Å². The Labute approximate surface area is 374 Å². The molecule has 9 rings (SSSR count).